The molecular weight excluding hydrogens is 257 g/mol. The first-order chi connectivity index (χ1) is 9.70. The standard InChI is InChI=1S/C15H20FN3O/c1-3-8-17-9-4-5-14-18-19-15(20-14)12-7-6-11(2)10-13(12)16/h6-7,10,17H,3-5,8-9H2,1-2H3. The van der Waals surface area contributed by atoms with Crippen molar-refractivity contribution in [3.05, 3.63) is 35.5 Å². The molecule has 108 valence electrons. The van der Waals surface area contributed by atoms with E-state index in [0.29, 0.717) is 17.9 Å². The first-order valence-corrected chi connectivity index (χ1v) is 7.00. The summed E-state index contributed by atoms with van der Waals surface area (Å²) in [5, 5.41) is 11.2. The van der Waals surface area contributed by atoms with Gasteiger partial charge in [-0.05, 0) is 50.6 Å². The lowest BCUT2D eigenvalue weighted by molar-refractivity contribution is 0.488. The molecule has 0 aliphatic carbocycles. The molecule has 0 saturated carbocycles. The van der Waals surface area contributed by atoms with Gasteiger partial charge in [0, 0.05) is 6.42 Å². The smallest absolute Gasteiger partial charge is 0.250 e. The molecule has 0 aliphatic rings. The molecule has 2 rings (SSSR count). The number of nitrogens with one attached hydrogen (secondary N) is 1. The number of nitrogens with zero attached hydrogens (tertiary/aromatic N) is 2. The summed E-state index contributed by atoms with van der Waals surface area (Å²) in [5.41, 5.74) is 1.23. The summed E-state index contributed by atoms with van der Waals surface area (Å²) in [6.07, 6.45) is 2.76. The van der Waals surface area contributed by atoms with Gasteiger partial charge in [-0.3, -0.25) is 0 Å². The summed E-state index contributed by atoms with van der Waals surface area (Å²) < 4.78 is 19.3. The molecule has 0 radical (unpaired) electrons. The van der Waals surface area contributed by atoms with Crippen molar-refractivity contribution in [2.24, 2.45) is 0 Å². The van der Waals surface area contributed by atoms with Gasteiger partial charge in [-0.1, -0.05) is 13.0 Å². The first kappa shape index (κ1) is 14.7. The van der Waals surface area contributed by atoms with E-state index in [0.717, 1.165) is 31.5 Å². The highest BCUT2D eigenvalue weighted by molar-refractivity contribution is 5.54. The molecule has 0 unspecified atom stereocenters. The molecule has 1 aromatic heterocycles. The van der Waals surface area contributed by atoms with Crippen LogP contribution in [0.3, 0.4) is 0 Å². The van der Waals surface area contributed by atoms with Gasteiger partial charge in [0.05, 0.1) is 5.56 Å². The van der Waals surface area contributed by atoms with Crippen molar-refractivity contribution in [1.29, 1.82) is 0 Å². The van der Waals surface area contributed by atoms with Crippen molar-refractivity contribution < 1.29 is 8.81 Å². The fourth-order valence-corrected chi connectivity index (χ4v) is 1.92. The Kier molecular flexibility index (Phi) is 5.24. The maximum absolute atomic E-state index is 13.8. The van der Waals surface area contributed by atoms with E-state index >= 15 is 0 Å². The number of benzene rings is 1. The maximum atomic E-state index is 13.8. The molecule has 0 atom stereocenters. The summed E-state index contributed by atoms with van der Waals surface area (Å²) in [4.78, 5) is 0. The molecule has 2 aromatic rings. The zero-order chi connectivity index (χ0) is 14.4. The predicted octanol–water partition coefficient (Wildman–Crippen LogP) is 3.12. The fraction of sp³-hybridized carbons (Fsp3) is 0.467. The number of hydrogen-bond acceptors (Lipinski definition) is 4. The van der Waals surface area contributed by atoms with Gasteiger partial charge >= 0.3 is 0 Å². The van der Waals surface area contributed by atoms with Crippen LogP contribution in [-0.4, -0.2) is 23.3 Å². The van der Waals surface area contributed by atoms with Crippen LogP contribution in [0.15, 0.2) is 22.6 Å². The summed E-state index contributed by atoms with van der Waals surface area (Å²) >= 11 is 0. The molecule has 0 bridgehead atoms. The van der Waals surface area contributed by atoms with Gasteiger partial charge in [0.25, 0.3) is 5.89 Å². The molecule has 1 N–H and O–H groups in total. The third-order valence-electron chi connectivity index (χ3n) is 2.99. The van der Waals surface area contributed by atoms with Crippen LogP contribution in [-0.2, 0) is 6.42 Å². The van der Waals surface area contributed by atoms with Crippen molar-refractivity contribution in [2.75, 3.05) is 13.1 Å². The van der Waals surface area contributed by atoms with Gasteiger partial charge < -0.3 is 9.73 Å². The molecule has 4 nitrogen and oxygen atoms in total. The molecule has 0 spiro atoms. The van der Waals surface area contributed by atoms with Crippen LogP contribution in [0, 0.1) is 12.7 Å². The van der Waals surface area contributed by atoms with Gasteiger partial charge in [0.15, 0.2) is 0 Å². The molecule has 1 aromatic carbocycles. The fourth-order valence-electron chi connectivity index (χ4n) is 1.92. The van der Waals surface area contributed by atoms with Crippen LogP contribution in [0.25, 0.3) is 11.5 Å². The lowest BCUT2D eigenvalue weighted by Gasteiger charge is -2.00. The minimum Gasteiger partial charge on any atom is -0.421 e. The van der Waals surface area contributed by atoms with Gasteiger partial charge in [0.1, 0.15) is 5.82 Å². The van der Waals surface area contributed by atoms with E-state index in [1.54, 1.807) is 6.07 Å². The number of rotatable bonds is 7. The third-order valence-corrected chi connectivity index (χ3v) is 2.99. The summed E-state index contributed by atoms with van der Waals surface area (Å²) in [6, 6.07) is 4.97. The van der Waals surface area contributed by atoms with E-state index in [2.05, 4.69) is 22.4 Å². The van der Waals surface area contributed by atoms with Crippen LogP contribution >= 0.6 is 0 Å². The van der Waals surface area contributed by atoms with E-state index < -0.39 is 0 Å². The second-order valence-electron chi connectivity index (χ2n) is 4.84. The van der Waals surface area contributed by atoms with Gasteiger partial charge in [-0.15, -0.1) is 10.2 Å². The van der Waals surface area contributed by atoms with E-state index in [1.165, 1.54) is 6.07 Å². The Labute approximate surface area is 118 Å². The Morgan fingerprint density at radius 2 is 2.10 bits per heavy atom. The minimum absolute atomic E-state index is 0.249. The highest BCUT2D eigenvalue weighted by Gasteiger charge is 2.12. The van der Waals surface area contributed by atoms with Crippen LogP contribution in [0.5, 0.6) is 0 Å². The quantitative estimate of drug-likeness (QED) is 0.790. The molecule has 0 saturated heterocycles. The van der Waals surface area contributed by atoms with Gasteiger partial charge in [-0.2, -0.15) is 0 Å². The molecular formula is C15H20FN3O. The second-order valence-corrected chi connectivity index (χ2v) is 4.84. The molecule has 0 amide bonds. The van der Waals surface area contributed by atoms with Crippen molar-refractivity contribution in [2.45, 2.75) is 33.1 Å². The second kappa shape index (κ2) is 7.14. The average Bonchev–Trinajstić information content (AvgIpc) is 2.87. The van der Waals surface area contributed by atoms with Crippen LogP contribution in [0.2, 0.25) is 0 Å². The first-order valence-electron chi connectivity index (χ1n) is 7.00. The largest absolute Gasteiger partial charge is 0.421 e. The maximum Gasteiger partial charge on any atom is 0.250 e. The Hall–Kier alpha value is -1.75. The van der Waals surface area contributed by atoms with E-state index in [4.69, 9.17) is 4.42 Å². The minimum atomic E-state index is -0.329. The summed E-state index contributed by atoms with van der Waals surface area (Å²) in [5.74, 6) is 0.474. The van der Waals surface area contributed by atoms with Crippen LogP contribution in [0.1, 0.15) is 31.2 Å². The van der Waals surface area contributed by atoms with Crippen molar-refractivity contribution in [1.82, 2.24) is 15.5 Å². The van der Waals surface area contributed by atoms with Crippen molar-refractivity contribution in [3.8, 4) is 11.5 Å². The van der Waals surface area contributed by atoms with Crippen LogP contribution < -0.4 is 5.32 Å². The van der Waals surface area contributed by atoms with Crippen LogP contribution in [0.4, 0.5) is 4.39 Å². The molecule has 20 heavy (non-hydrogen) atoms. The number of aromatic nitrogens is 2. The van der Waals surface area contributed by atoms with Gasteiger partial charge in [0.2, 0.25) is 5.89 Å². The highest BCUT2D eigenvalue weighted by Crippen LogP contribution is 2.22. The van der Waals surface area contributed by atoms with Crippen molar-refractivity contribution in [3.63, 3.8) is 0 Å². The molecule has 0 fully saturated rings. The van der Waals surface area contributed by atoms with E-state index in [1.807, 2.05) is 13.0 Å². The Bertz CT molecular complexity index is 554. The lowest BCUT2D eigenvalue weighted by atomic mass is 10.1. The molecule has 0 aliphatic heterocycles. The summed E-state index contributed by atoms with van der Waals surface area (Å²) in [7, 11) is 0. The van der Waals surface area contributed by atoms with Crippen molar-refractivity contribution >= 4 is 0 Å². The summed E-state index contributed by atoms with van der Waals surface area (Å²) in [6.45, 7) is 5.91. The zero-order valence-corrected chi connectivity index (χ0v) is 11.9. The Morgan fingerprint density at radius 3 is 2.85 bits per heavy atom. The topological polar surface area (TPSA) is 51.0 Å². The van der Waals surface area contributed by atoms with E-state index in [9.17, 15) is 4.39 Å². The number of hydrogen-bond donors (Lipinski definition) is 1. The van der Waals surface area contributed by atoms with E-state index in [-0.39, 0.29) is 11.7 Å². The lowest BCUT2D eigenvalue weighted by Crippen LogP contribution is -2.16. The average molecular weight is 277 g/mol. The number of halogens is 1. The Morgan fingerprint density at radius 1 is 1.25 bits per heavy atom. The molecule has 5 heteroatoms. The molecule has 1 heterocycles. The Balaban J connectivity index is 1.95. The number of aryl methyl sites for hydroxylation is 2. The zero-order valence-electron chi connectivity index (χ0n) is 11.9. The normalized spacial score (nSPS) is 10.9. The highest BCUT2D eigenvalue weighted by atomic mass is 19.1. The van der Waals surface area contributed by atoms with Gasteiger partial charge in [-0.25, -0.2) is 4.39 Å². The third kappa shape index (κ3) is 3.87. The SMILES string of the molecule is CCCNCCCc1nnc(-c2ccc(C)cc2F)o1. The monoisotopic (exact) mass is 277 g/mol. The predicted molar refractivity (Wildman–Crippen MR) is 75.9 cm³/mol.